The molecular formula is C12H23NO2S. The predicted molar refractivity (Wildman–Crippen MR) is 67.5 cm³/mol. The summed E-state index contributed by atoms with van der Waals surface area (Å²) in [6.45, 7) is 2.20. The summed E-state index contributed by atoms with van der Waals surface area (Å²) in [4.78, 5) is 0. The second-order valence-electron chi connectivity index (χ2n) is 4.67. The molecule has 0 spiro atoms. The van der Waals surface area contributed by atoms with Crippen molar-refractivity contribution in [3.05, 3.63) is 12.2 Å². The highest BCUT2D eigenvalue weighted by Gasteiger charge is 2.20. The van der Waals surface area contributed by atoms with Gasteiger partial charge in [0.25, 0.3) is 0 Å². The number of hydrogen-bond acceptors (Lipinski definition) is 2. The van der Waals surface area contributed by atoms with Crippen LogP contribution in [0.5, 0.6) is 0 Å². The van der Waals surface area contributed by atoms with E-state index >= 15 is 0 Å². The Hall–Kier alpha value is -0.350. The van der Waals surface area contributed by atoms with Crippen LogP contribution in [0.3, 0.4) is 0 Å². The number of sulfonamides is 1. The lowest BCUT2D eigenvalue weighted by molar-refractivity contribution is 0.494. The Morgan fingerprint density at radius 3 is 2.56 bits per heavy atom. The summed E-state index contributed by atoms with van der Waals surface area (Å²) < 4.78 is 22.6. The van der Waals surface area contributed by atoms with Gasteiger partial charge in [-0.25, -0.2) is 13.6 Å². The number of primary sulfonamides is 1. The van der Waals surface area contributed by atoms with E-state index in [-0.39, 0.29) is 5.25 Å². The lowest BCUT2D eigenvalue weighted by Gasteiger charge is -2.17. The van der Waals surface area contributed by atoms with Gasteiger partial charge in [0.2, 0.25) is 10.0 Å². The minimum atomic E-state index is -3.35. The molecule has 1 rings (SSSR count). The summed E-state index contributed by atoms with van der Waals surface area (Å²) in [5.74, 6) is 0.672. The van der Waals surface area contributed by atoms with E-state index < -0.39 is 10.0 Å². The molecule has 0 aromatic heterocycles. The monoisotopic (exact) mass is 245 g/mol. The van der Waals surface area contributed by atoms with Crippen LogP contribution in [-0.4, -0.2) is 13.7 Å². The summed E-state index contributed by atoms with van der Waals surface area (Å²) in [5.41, 5.74) is 0. The summed E-state index contributed by atoms with van der Waals surface area (Å²) in [7, 11) is -3.35. The van der Waals surface area contributed by atoms with Crippen LogP contribution in [-0.2, 0) is 10.0 Å². The molecular weight excluding hydrogens is 222 g/mol. The lowest BCUT2D eigenvalue weighted by Crippen LogP contribution is -2.28. The van der Waals surface area contributed by atoms with Gasteiger partial charge in [-0.3, -0.25) is 0 Å². The van der Waals surface area contributed by atoms with Gasteiger partial charge in [-0.05, 0) is 38.0 Å². The van der Waals surface area contributed by atoms with Crippen LogP contribution >= 0.6 is 0 Å². The maximum absolute atomic E-state index is 11.3. The van der Waals surface area contributed by atoms with Crippen molar-refractivity contribution >= 4 is 10.0 Å². The van der Waals surface area contributed by atoms with E-state index in [9.17, 15) is 8.42 Å². The molecule has 1 aliphatic rings. The van der Waals surface area contributed by atoms with Crippen molar-refractivity contribution < 1.29 is 8.42 Å². The van der Waals surface area contributed by atoms with Gasteiger partial charge in [0.05, 0.1) is 5.25 Å². The van der Waals surface area contributed by atoms with Gasteiger partial charge in [-0.2, -0.15) is 0 Å². The van der Waals surface area contributed by atoms with Gasteiger partial charge in [0.15, 0.2) is 0 Å². The first-order valence-corrected chi connectivity index (χ1v) is 7.83. The second kappa shape index (κ2) is 6.40. The molecule has 0 aliphatic heterocycles. The molecule has 16 heavy (non-hydrogen) atoms. The van der Waals surface area contributed by atoms with E-state index in [0.29, 0.717) is 12.3 Å². The van der Waals surface area contributed by atoms with Crippen LogP contribution in [0.1, 0.15) is 51.9 Å². The fourth-order valence-corrected chi connectivity index (χ4v) is 3.22. The van der Waals surface area contributed by atoms with Crippen molar-refractivity contribution in [2.45, 2.75) is 57.1 Å². The minimum absolute atomic E-state index is 0.338. The molecule has 0 amide bonds. The van der Waals surface area contributed by atoms with E-state index in [4.69, 9.17) is 5.14 Å². The smallest absolute Gasteiger partial charge is 0.211 e. The Bertz CT molecular complexity index is 322. The molecule has 0 bridgehead atoms. The average molecular weight is 245 g/mol. The van der Waals surface area contributed by atoms with Crippen LogP contribution in [0.15, 0.2) is 12.2 Å². The maximum Gasteiger partial charge on any atom is 0.211 e. The largest absolute Gasteiger partial charge is 0.228 e. The summed E-state index contributed by atoms with van der Waals surface area (Å²) >= 11 is 0. The van der Waals surface area contributed by atoms with Gasteiger partial charge < -0.3 is 0 Å². The summed E-state index contributed by atoms with van der Waals surface area (Å²) in [6, 6.07) is 0. The third kappa shape index (κ3) is 4.66. The standard InChI is InChI=1S/C12H23NO2S/c1-2-11-7-3-5-9-12(16(13,14)15)10-6-4-8-11/h3,7,11-12H,2,4-6,8-10H2,1H3,(H2,13,14,15). The normalized spacial score (nSPS) is 28.9. The average Bonchev–Trinajstić information content (AvgIpc) is 2.23. The molecule has 2 atom stereocenters. The molecule has 2 N–H and O–H groups in total. The highest BCUT2D eigenvalue weighted by molar-refractivity contribution is 7.89. The van der Waals surface area contributed by atoms with E-state index in [1.165, 1.54) is 12.8 Å². The van der Waals surface area contributed by atoms with E-state index in [0.717, 1.165) is 25.7 Å². The van der Waals surface area contributed by atoms with Crippen molar-refractivity contribution in [1.82, 2.24) is 0 Å². The quantitative estimate of drug-likeness (QED) is 0.760. The minimum Gasteiger partial charge on any atom is -0.228 e. The van der Waals surface area contributed by atoms with Crippen LogP contribution < -0.4 is 5.14 Å². The molecule has 0 saturated heterocycles. The highest BCUT2D eigenvalue weighted by atomic mass is 32.2. The first kappa shape index (κ1) is 13.7. The Kier molecular flexibility index (Phi) is 5.49. The molecule has 0 saturated carbocycles. The van der Waals surface area contributed by atoms with Crippen molar-refractivity contribution in [2.24, 2.45) is 11.1 Å². The highest BCUT2D eigenvalue weighted by Crippen LogP contribution is 2.21. The summed E-state index contributed by atoms with van der Waals surface area (Å²) in [5, 5.41) is 4.88. The zero-order valence-electron chi connectivity index (χ0n) is 10.1. The molecule has 3 nitrogen and oxygen atoms in total. The molecule has 0 radical (unpaired) electrons. The zero-order chi connectivity index (χ0) is 12.0. The van der Waals surface area contributed by atoms with Crippen molar-refractivity contribution in [3.8, 4) is 0 Å². The van der Waals surface area contributed by atoms with Crippen molar-refractivity contribution in [1.29, 1.82) is 0 Å². The van der Waals surface area contributed by atoms with E-state index in [1.807, 2.05) is 0 Å². The number of allylic oxidation sites excluding steroid dienone is 2. The Labute approximate surface area is 99.2 Å². The van der Waals surface area contributed by atoms with Gasteiger partial charge in [-0.15, -0.1) is 0 Å². The van der Waals surface area contributed by atoms with Crippen LogP contribution in [0, 0.1) is 5.92 Å². The Morgan fingerprint density at radius 2 is 1.94 bits per heavy atom. The Balaban J connectivity index is 2.59. The fraction of sp³-hybridized carbons (Fsp3) is 0.833. The molecule has 0 aromatic carbocycles. The van der Waals surface area contributed by atoms with E-state index in [1.54, 1.807) is 0 Å². The van der Waals surface area contributed by atoms with Crippen LogP contribution in [0.4, 0.5) is 0 Å². The van der Waals surface area contributed by atoms with Gasteiger partial charge in [0.1, 0.15) is 0 Å². The first-order valence-electron chi connectivity index (χ1n) is 6.22. The molecule has 0 heterocycles. The SMILES string of the molecule is CCC1C=CCCC(S(N)(=O)=O)CCCC1. The van der Waals surface area contributed by atoms with Crippen molar-refractivity contribution in [3.63, 3.8) is 0 Å². The van der Waals surface area contributed by atoms with Gasteiger partial charge in [-0.1, -0.05) is 31.9 Å². The molecule has 0 aromatic rings. The fourth-order valence-electron chi connectivity index (χ4n) is 2.26. The third-order valence-electron chi connectivity index (χ3n) is 3.40. The first-order chi connectivity index (χ1) is 7.54. The van der Waals surface area contributed by atoms with Crippen LogP contribution in [0.25, 0.3) is 0 Å². The van der Waals surface area contributed by atoms with Gasteiger partial charge in [0, 0.05) is 0 Å². The molecule has 2 unspecified atom stereocenters. The zero-order valence-corrected chi connectivity index (χ0v) is 10.9. The predicted octanol–water partition coefficient (Wildman–Crippen LogP) is 2.58. The molecule has 4 heteroatoms. The number of hydrogen-bond donors (Lipinski definition) is 1. The number of nitrogens with two attached hydrogens (primary N) is 1. The van der Waals surface area contributed by atoms with Crippen LogP contribution in [0.2, 0.25) is 0 Å². The topological polar surface area (TPSA) is 60.2 Å². The Morgan fingerprint density at radius 1 is 1.25 bits per heavy atom. The van der Waals surface area contributed by atoms with Gasteiger partial charge >= 0.3 is 0 Å². The molecule has 94 valence electrons. The van der Waals surface area contributed by atoms with Crippen molar-refractivity contribution in [2.75, 3.05) is 0 Å². The summed E-state index contributed by atoms with van der Waals surface area (Å²) in [6.07, 6.45) is 11.0. The number of rotatable bonds is 2. The third-order valence-corrected chi connectivity index (χ3v) is 4.80. The lowest BCUT2D eigenvalue weighted by atomic mass is 9.95. The molecule has 0 fully saturated rings. The van der Waals surface area contributed by atoms with E-state index in [2.05, 4.69) is 19.1 Å². The maximum atomic E-state index is 11.3. The molecule has 1 aliphatic carbocycles. The second-order valence-corrected chi connectivity index (χ2v) is 6.51.